The number of methoxy groups -OCH3 is 2. The summed E-state index contributed by atoms with van der Waals surface area (Å²) in [5.41, 5.74) is 2.10. The molecule has 144 valence electrons. The molecule has 0 saturated heterocycles. The summed E-state index contributed by atoms with van der Waals surface area (Å²) in [6, 6.07) is 0. The summed E-state index contributed by atoms with van der Waals surface area (Å²) < 4.78 is 10.6. The van der Waals surface area contributed by atoms with Crippen LogP contribution in [0.4, 0.5) is 0 Å². The molecule has 0 heterocycles. The Balaban J connectivity index is 2.18. The number of hydrogen-bond donors (Lipinski definition) is 0. The largest absolute Gasteiger partial charge is 0.469 e. The van der Waals surface area contributed by atoms with Crippen LogP contribution < -0.4 is 0 Å². The molecule has 0 aliphatic heterocycles. The minimum atomic E-state index is -0.0879. The van der Waals surface area contributed by atoms with Crippen molar-refractivity contribution >= 4 is 5.97 Å². The number of ether oxygens (including phenoxy) is 2. The van der Waals surface area contributed by atoms with Gasteiger partial charge in [-0.2, -0.15) is 0 Å². The van der Waals surface area contributed by atoms with Crippen molar-refractivity contribution in [1.29, 1.82) is 0 Å². The highest BCUT2D eigenvalue weighted by Crippen LogP contribution is 2.62. The predicted molar refractivity (Wildman–Crippen MR) is 102 cm³/mol. The van der Waals surface area contributed by atoms with Gasteiger partial charge in [-0.05, 0) is 67.6 Å². The average Bonchev–Trinajstić information content (AvgIpc) is 2.58. The molecular weight excluding hydrogens is 312 g/mol. The fourth-order valence-corrected chi connectivity index (χ4v) is 5.47. The fourth-order valence-electron chi connectivity index (χ4n) is 5.47. The minimum Gasteiger partial charge on any atom is -0.469 e. The molecule has 1 fully saturated rings. The van der Waals surface area contributed by atoms with Gasteiger partial charge in [-0.1, -0.05) is 39.3 Å². The Kier molecular flexibility index (Phi) is 6.40. The van der Waals surface area contributed by atoms with E-state index in [0.717, 1.165) is 12.8 Å². The van der Waals surface area contributed by atoms with Crippen LogP contribution in [-0.4, -0.2) is 26.3 Å². The van der Waals surface area contributed by atoms with Gasteiger partial charge in [-0.25, -0.2) is 0 Å². The van der Waals surface area contributed by atoms with Crippen LogP contribution in [0.2, 0.25) is 0 Å². The lowest BCUT2D eigenvalue weighted by Crippen LogP contribution is -2.51. The fraction of sp³-hybridized carbons (Fsp3) is 0.864. The monoisotopic (exact) mass is 350 g/mol. The van der Waals surface area contributed by atoms with Crippen molar-refractivity contribution < 1.29 is 14.3 Å². The highest BCUT2D eigenvalue weighted by Gasteiger charge is 2.54. The third-order valence-electron chi connectivity index (χ3n) is 7.81. The van der Waals surface area contributed by atoms with E-state index in [0.29, 0.717) is 35.0 Å². The molecule has 2 aliphatic rings. The van der Waals surface area contributed by atoms with Crippen LogP contribution in [0, 0.1) is 28.6 Å². The zero-order valence-electron chi connectivity index (χ0n) is 17.4. The molecule has 0 aromatic heterocycles. The van der Waals surface area contributed by atoms with Gasteiger partial charge in [-0.15, -0.1) is 0 Å². The van der Waals surface area contributed by atoms with Crippen LogP contribution in [0.25, 0.3) is 0 Å². The first-order valence-corrected chi connectivity index (χ1v) is 9.96. The summed E-state index contributed by atoms with van der Waals surface area (Å²) in [5.74, 6) is 1.64. The first-order chi connectivity index (χ1) is 11.7. The molecule has 0 amide bonds. The Morgan fingerprint density at radius 1 is 1.36 bits per heavy atom. The molecule has 6 atom stereocenters. The summed E-state index contributed by atoms with van der Waals surface area (Å²) >= 11 is 0. The highest BCUT2D eigenvalue weighted by atomic mass is 16.5. The number of carbonyl (C=O) groups excluding carboxylic acids is 1. The number of carbonyl (C=O) groups is 1. The second kappa shape index (κ2) is 7.82. The molecule has 3 heteroatoms. The molecule has 2 rings (SSSR count). The van der Waals surface area contributed by atoms with E-state index in [2.05, 4.69) is 40.7 Å². The van der Waals surface area contributed by atoms with E-state index in [-0.39, 0.29) is 12.1 Å². The molecule has 0 radical (unpaired) electrons. The van der Waals surface area contributed by atoms with Crippen molar-refractivity contribution in [1.82, 2.24) is 0 Å². The third-order valence-corrected chi connectivity index (χ3v) is 7.81. The first kappa shape index (κ1) is 20.5. The van der Waals surface area contributed by atoms with Gasteiger partial charge < -0.3 is 9.47 Å². The van der Waals surface area contributed by atoms with Gasteiger partial charge in [0.1, 0.15) is 0 Å². The van der Waals surface area contributed by atoms with E-state index in [1.54, 1.807) is 0 Å². The molecule has 0 N–H and O–H groups in total. The van der Waals surface area contributed by atoms with E-state index in [1.807, 2.05) is 7.11 Å². The SMILES string of the molecule is COC(=O)CC(C)CC[C@@]1(C)[C@H](C)CC[C@@]2(C)C(C)=C[C@H](OC)C[C@H]12. The van der Waals surface area contributed by atoms with Gasteiger partial charge in [0.25, 0.3) is 0 Å². The number of fused-ring (bicyclic) bond motifs is 1. The zero-order valence-corrected chi connectivity index (χ0v) is 17.4. The van der Waals surface area contributed by atoms with Crippen molar-refractivity contribution in [2.45, 2.75) is 79.2 Å². The van der Waals surface area contributed by atoms with Gasteiger partial charge in [0.15, 0.2) is 0 Å². The molecule has 0 bridgehead atoms. The highest BCUT2D eigenvalue weighted by molar-refractivity contribution is 5.69. The van der Waals surface area contributed by atoms with Gasteiger partial charge in [0, 0.05) is 13.5 Å². The summed E-state index contributed by atoms with van der Waals surface area (Å²) in [6.45, 7) is 11.9. The normalized spacial score (nSPS) is 39.3. The second-order valence-electron chi connectivity index (χ2n) is 9.20. The molecule has 1 saturated carbocycles. The van der Waals surface area contributed by atoms with Gasteiger partial charge >= 0.3 is 5.97 Å². The zero-order chi connectivity index (χ0) is 18.8. The Morgan fingerprint density at radius 3 is 2.64 bits per heavy atom. The van der Waals surface area contributed by atoms with Crippen LogP contribution in [0.1, 0.15) is 73.1 Å². The average molecular weight is 351 g/mol. The smallest absolute Gasteiger partial charge is 0.305 e. The number of rotatable bonds is 6. The lowest BCUT2D eigenvalue weighted by atomic mass is 9.46. The number of hydrogen-bond acceptors (Lipinski definition) is 3. The molecule has 0 spiro atoms. The van der Waals surface area contributed by atoms with Crippen LogP contribution in [0.15, 0.2) is 11.6 Å². The van der Waals surface area contributed by atoms with E-state index in [1.165, 1.54) is 31.9 Å². The Labute approximate surface area is 154 Å². The van der Waals surface area contributed by atoms with E-state index in [4.69, 9.17) is 9.47 Å². The molecule has 25 heavy (non-hydrogen) atoms. The third kappa shape index (κ3) is 3.97. The van der Waals surface area contributed by atoms with Crippen molar-refractivity contribution in [2.75, 3.05) is 14.2 Å². The van der Waals surface area contributed by atoms with Crippen LogP contribution in [0.3, 0.4) is 0 Å². The van der Waals surface area contributed by atoms with Crippen LogP contribution in [-0.2, 0) is 14.3 Å². The summed E-state index contributed by atoms with van der Waals surface area (Å²) in [5, 5.41) is 0. The van der Waals surface area contributed by atoms with E-state index in [9.17, 15) is 4.79 Å². The Morgan fingerprint density at radius 2 is 2.04 bits per heavy atom. The molecule has 1 unspecified atom stereocenters. The van der Waals surface area contributed by atoms with Crippen LogP contribution in [0.5, 0.6) is 0 Å². The molecule has 0 aromatic rings. The van der Waals surface area contributed by atoms with Gasteiger partial charge in [0.2, 0.25) is 0 Å². The molecule has 2 aliphatic carbocycles. The lowest BCUT2D eigenvalue weighted by molar-refractivity contribution is -0.141. The maximum absolute atomic E-state index is 11.6. The van der Waals surface area contributed by atoms with Crippen molar-refractivity contribution in [3.05, 3.63) is 11.6 Å². The molecule has 3 nitrogen and oxygen atoms in total. The number of esters is 1. The minimum absolute atomic E-state index is 0.0879. The lowest BCUT2D eigenvalue weighted by Gasteiger charge is -2.59. The van der Waals surface area contributed by atoms with E-state index < -0.39 is 0 Å². The Hall–Kier alpha value is -0.830. The van der Waals surface area contributed by atoms with Crippen molar-refractivity contribution in [2.24, 2.45) is 28.6 Å². The van der Waals surface area contributed by atoms with E-state index >= 15 is 0 Å². The quantitative estimate of drug-likeness (QED) is 0.476. The standard InChI is InChI=1S/C22H38O3/c1-15(12-20(23)25-7)8-10-21(4)16(2)9-11-22(5)17(3)13-18(24-6)14-19(21)22/h13,15-16,18-19H,8-12,14H2,1-7H3/t15?,16-,18+,19-,21+,22+/m1/s1. The first-order valence-electron chi connectivity index (χ1n) is 9.96. The molecular formula is C22H38O3. The van der Waals surface area contributed by atoms with Crippen molar-refractivity contribution in [3.8, 4) is 0 Å². The number of allylic oxidation sites excluding steroid dienone is 1. The van der Waals surface area contributed by atoms with Crippen molar-refractivity contribution in [3.63, 3.8) is 0 Å². The second-order valence-corrected chi connectivity index (χ2v) is 9.20. The summed E-state index contributed by atoms with van der Waals surface area (Å²) in [7, 11) is 3.31. The maximum atomic E-state index is 11.6. The summed E-state index contributed by atoms with van der Waals surface area (Å²) in [6.07, 6.45) is 9.09. The topological polar surface area (TPSA) is 35.5 Å². The van der Waals surface area contributed by atoms with Gasteiger partial charge in [-0.3, -0.25) is 4.79 Å². The predicted octanol–water partition coefficient (Wildman–Crippen LogP) is 5.39. The maximum Gasteiger partial charge on any atom is 0.305 e. The Bertz CT molecular complexity index is 511. The molecule has 0 aromatic carbocycles. The van der Waals surface area contributed by atoms with Crippen LogP contribution >= 0.6 is 0 Å². The van der Waals surface area contributed by atoms with Gasteiger partial charge in [0.05, 0.1) is 13.2 Å². The summed E-state index contributed by atoms with van der Waals surface area (Å²) in [4.78, 5) is 11.6.